The molecule has 1 atom stereocenters. The van der Waals surface area contributed by atoms with Crippen LogP contribution in [0.15, 0.2) is 23.9 Å². The molecule has 0 spiro atoms. The van der Waals surface area contributed by atoms with E-state index in [2.05, 4.69) is 32.9 Å². The largest absolute Gasteiger partial charge is 0.399 e. The molecule has 1 unspecified atom stereocenters. The normalized spacial score (nSPS) is 23.9. The van der Waals surface area contributed by atoms with Gasteiger partial charge in [0.25, 0.3) is 0 Å². The lowest BCUT2D eigenvalue weighted by molar-refractivity contribution is 0.296. The van der Waals surface area contributed by atoms with Gasteiger partial charge in [0, 0.05) is 5.70 Å². The van der Waals surface area contributed by atoms with Crippen LogP contribution in [0.25, 0.3) is 0 Å². The second-order valence-corrected chi connectivity index (χ2v) is 5.21. The quantitative estimate of drug-likeness (QED) is 0.657. The van der Waals surface area contributed by atoms with Crippen molar-refractivity contribution in [1.29, 1.82) is 0 Å². The Kier molecular flexibility index (Phi) is 3.18. The van der Waals surface area contributed by atoms with Crippen LogP contribution in [0.3, 0.4) is 0 Å². The lowest BCUT2D eigenvalue weighted by atomic mass is 9.82. The van der Waals surface area contributed by atoms with E-state index in [4.69, 9.17) is 5.73 Å². The van der Waals surface area contributed by atoms with E-state index in [1.165, 1.54) is 12.8 Å². The highest BCUT2D eigenvalue weighted by Crippen LogP contribution is 2.30. The maximum Gasteiger partial charge on any atom is 0.0270 e. The Hall–Kier alpha value is -0.720. The van der Waals surface area contributed by atoms with Gasteiger partial charge >= 0.3 is 0 Å². The summed E-state index contributed by atoms with van der Waals surface area (Å²) in [7, 11) is 0. The summed E-state index contributed by atoms with van der Waals surface area (Å²) in [4.78, 5) is 0. The molecule has 1 aliphatic carbocycles. The number of hydrogen-bond acceptors (Lipinski definition) is 1. The van der Waals surface area contributed by atoms with Crippen LogP contribution >= 0.6 is 0 Å². The van der Waals surface area contributed by atoms with Gasteiger partial charge in [-0.05, 0) is 36.7 Å². The highest BCUT2D eigenvalue weighted by Gasteiger charge is 2.17. The van der Waals surface area contributed by atoms with E-state index in [9.17, 15) is 0 Å². The van der Waals surface area contributed by atoms with Gasteiger partial charge in [0.1, 0.15) is 0 Å². The molecule has 1 heteroatoms. The number of allylic oxidation sites excluding steroid dienone is 3. The highest BCUT2D eigenvalue weighted by molar-refractivity contribution is 5.17. The van der Waals surface area contributed by atoms with Crippen molar-refractivity contribution < 1.29 is 0 Å². The van der Waals surface area contributed by atoms with E-state index in [-0.39, 0.29) is 0 Å². The molecule has 2 N–H and O–H groups in total. The SMILES string of the molecule is CC(C)(C)CC1CC=CC(N)=CC1. The smallest absolute Gasteiger partial charge is 0.0270 e. The van der Waals surface area contributed by atoms with Gasteiger partial charge in [-0.15, -0.1) is 0 Å². The molecule has 0 fully saturated rings. The van der Waals surface area contributed by atoms with Gasteiger partial charge in [-0.1, -0.05) is 32.9 Å². The third-order valence-electron chi connectivity index (χ3n) is 2.37. The van der Waals surface area contributed by atoms with Gasteiger partial charge in [0.2, 0.25) is 0 Å². The fraction of sp³-hybridized carbons (Fsp3) is 0.667. The summed E-state index contributed by atoms with van der Waals surface area (Å²) in [6, 6.07) is 0. The first-order valence-electron chi connectivity index (χ1n) is 5.09. The summed E-state index contributed by atoms with van der Waals surface area (Å²) in [5.74, 6) is 0.775. The topological polar surface area (TPSA) is 26.0 Å². The summed E-state index contributed by atoms with van der Waals surface area (Å²) in [5.41, 5.74) is 7.10. The standard InChI is InChI=1S/C12H21N/c1-12(2,3)9-10-5-4-6-11(13)8-7-10/h4,6,8,10H,5,7,9,13H2,1-3H3. The molecule has 0 aromatic heterocycles. The van der Waals surface area contributed by atoms with Crippen LogP contribution in [-0.4, -0.2) is 0 Å². The summed E-state index contributed by atoms with van der Waals surface area (Å²) in [6.07, 6.45) is 9.98. The summed E-state index contributed by atoms with van der Waals surface area (Å²) in [6.45, 7) is 6.90. The van der Waals surface area contributed by atoms with Crippen molar-refractivity contribution in [1.82, 2.24) is 0 Å². The van der Waals surface area contributed by atoms with E-state index in [0.29, 0.717) is 5.41 Å². The Bertz CT molecular complexity index is 218. The van der Waals surface area contributed by atoms with E-state index >= 15 is 0 Å². The number of hydrogen-bond donors (Lipinski definition) is 1. The van der Waals surface area contributed by atoms with Crippen molar-refractivity contribution in [3.8, 4) is 0 Å². The Labute approximate surface area is 81.7 Å². The van der Waals surface area contributed by atoms with E-state index in [1.807, 2.05) is 6.08 Å². The number of nitrogens with two attached hydrogens (primary N) is 1. The van der Waals surface area contributed by atoms with Crippen molar-refractivity contribution in [2.75, 3.05) is 0 Å². The first kappa shape index (κ1) is 10.4. The van der Waals surface area contributed by atoms with Crippen LogP contribution in [0.5, 0.6) is 0 Å². The fourth-order valence-corrected chi connectivity index (χ4v) is 1.90. The maximum absolute atomic E-state index is 5.74. The lowest BCUT2D eigenvalue weighted by Gasteiger charge is -2.24. The maximum atomic E-state index is 5.74. The minimum Gasteiger partial charge on any atom is -0.399 e. The van der Waals surface area contributed by atoms with Crippen LogP contribution in [0, 0.1) is 11.3 Å². The molecule has 1 rings (SSSR count). The van der Waals surface area contributed by atoms with Crippen LogP contribution in [0.2, 0.25) is 0 Å². The first-order chi connectivity index (χ1) is 5.97. The Morgan fingerprint density at radius 2 is 2.08 bits per heavy atom. The van der Waals surface area contributed by atoms with Gasteiger partial charge < -0.3 is 5.73 Å². The average Bonchev–Trinajstić information content (AvgIpc) is 2.12. The molecular weight excluding hydrogens is 158 g/mol. The third kappa shape index (κ3) is 4.16. The lowest BCUT2D eigenvalue weighted by Crippen LogP contribution is -2.12. The zero-order valence-corrected chi connectivity index (χ0v) is 9.01. The fourth-order valence-electron chi connectivity index (χ4n) is 1.90. The van der Waals surface area contributed by atoms with E-state index in [0.717, 1.165) is 18.0 Å². The van der Waals surface area contributed by atoms with Gasteiger partial charge in [-0.3, -0.25) is 0 Å². The highest BCUT2D eigenvalue weighted by atomic mass is 14.6. The van der Waals surface area contributed by atoms with Crippen LogP contribution in [0.4, 0.5) is 0 Å². The molecule has 0 bridgehead atoms. The van der Waals surface area contributed by atoms with Gasteiger partial charge in [-0.2, -0.15) is 0 Å². The second kappa shape index (κ2) is 3.99. The van der Waals surface area contributed by atoms with Gasteiger partial charge in [-0.25, -0.2) is 0 Å². The minimum absolute atomic E-state index is 0.436. The molecule has 0 aliphatic heterocycles. The zero-order valence-electron chi connectivity index (χ0n) is 9.01. The summed E-state index contributed by atoms with van der Waals surface area (Å²) < 4.78 is 0. The van der Waals surface area contributed by atoms with E-state index < -0.39 is 0 Å². The number of rotatable bonds is 1. The molecule has 1 aliphatic rings. The second-order valence-electron chi connectivity index (χ2n) is 5.21. The van der Waals surface area contributed by atoms with Crippen molar-refractivity contribution in [3.05, 3.63) is 23.9 Å². The minimum atomic E-state index is 0.436. The molecule has 13 heavy (non-hydrogen) atoms. The third-order valence-corrected chi connectivity index (χ3v) is 2.37. The van der Waals surface area contributed by atoms with Crippen molar-refractivity contribution in [3.63, 3.8) is 0 Å². The van der Waals surface area contributed by atoms with Gasteiger partial charge in [0.05, 0.1) is 0 Å². The van der Waals surface area contributed by atoms with E-state index in [1.54, 1.807) is 0 Å². The van der Waals surface area contributed by atoms with Crippen LogP contribution in [0.1, 0.15) is 40.0 Å². The van der Waals surface area contributed by atoms with Gasteiger partial charge in [0.15, 0.2) is 0 Å². The predicted molar refractivity (Wildman–Crippen MR) is 58.2 cm³/mol. The van der Waals surface area contributed by atoms with Crippen molar-refractivity contribution in [2.24, 2.45) is 17.1 Å². The zero-order chi connectivity index (χ0) is 9.90. The molecule has 1 nitrogen and oxygen atoms in total. The monoisotopic (exact) mass is 179 g/mol. The first-order valence-corrected chi connectivity index (χ1v) is 5.09. The van der Waals surface area contributed by atoms with Crippen LogP contribution < -0.4 is 5.73 Å². The van der Waals surface area contributed by atoms with Crippen LogP contribution in [-0.2, 0) is 0 Å². The molecule has 74 valence electrons. The Balaban J connectivity index is 2.50. The molecule has 0 aromatic carbocycles. The molecule has 0 heterocycles. The Morgan fingerprint density at radius 1 is 1.38 bits per heavy atom. The Morgan fingerprint density at radius 3 is 2.69 bits per heavy atom. The summed E-state index contributed by atoms with van der Waals surface area (Å²) in [5, 5.41) is 0. The van der Waals surface area contributed by atoms with Crippen molar-refractivity contribution >= 4 is 0 Å². The summed E-state index contributed by atoms with van der Waals surface area (Å²) >= 11 is 0. The molecule has 0 radical (unpaired) electrons. The molecular formula is C12H21N. The molecule has 0 amide bonds. The van der Waals surface area contributed by atoms with Crippen molar-refractivity contribution in [2.45, 2.75) is 40.0 Å². The molecule has 0 saturated heterocycles. The molecule has 0 saturated carbocycles. The average molecular weight is 179 g/mol. The molecule has 0 aromatic rings. The predicted octanol–water partition coefficient (Wildman–Crippen LogP) is 3.23.